The second-order valence-corrected chi connectivity index (χ2v) is 11.0. The Morgan fingerprint density at radius 1 is 0.946 bits per heavy atom. The van der Waals surface area contributed by atoms with E-state index in [0.717, 1.165) is 71.2 Å². The highest BCUT2D eigenvalue weighted by molar-refractivity contribution is 6.00. The number of piperazine rings is 1. The first-order valence-electron chi connectivity index (χ1n) is 13.5. The fourth-order valence-corrected chi connectivity index (χ4v) is 6.42. The Labute approximate surface area is 217 Å². The van der Waals surface area contributed by atoms with Gasteiger partial charge in [-0.3, -0.25) is 0 Å². The molecule has 0 spiro atoms. The van der Waals surface area contributed by atoms with E-state index in [1.165, 1.54) is 12.8 Å². The van der Waals surface area contributed by atoms with Gasteiger partial charge in [-0.25, -0.2) is 0 Å². The maximum Gasteiger partial charge on any atom is 0.318 e. The highest BCUT2D eigenvalue weighted by Crippen LogP contribution is 2.37. The molecule has 7 nitrogen and oxygen atoms in total. The summed E-state index contributed by atoms with van der Waals surface area (Å²) in [5, 5.41) is 17.3. The molecule has 3 saturated heterocycles. The Hall–Kier alpha value is -3.42. The van der Waals surface area contributed by atoms with Crippen LogP contribution in [0.5, 0.6) is 11.8 Å². The summed E-state index contributed by atoms with van der Waals surface area (Å²) >= 11 is 0. The SMILES string of the molecule is CN1CC[C@@H](COc2nc(N3C[C@H]4CC[C@@H](C3)N4)c3ccc(-c4cc(O)cc5ccccc45)cc3n2)C1. The third-order valence-corrected chi connectivity index (χ3v) is 8.27. The van der Waals surface area contributed by atoms with Crippen LogP contribution in [0, 0.1) is 5.92 Å². The molecule has 0 unspecified atom stereocenters. The van der Waals surface area contributed by atoms with E-state index in [2.05, 4.69) is 46.4 Å². The fourth-order valence-electron chi connectivity index (χ4n) is 6.42. The molecule has 0 saturated carbocycles. The molecule has 0 amide bonds. The van der Waals surface area contributed by atoms with Crippen LogP contribution in [0.15, 0.2) is 54.6 Å². The van der Waals surface area contributed by atoms with E-state index in [-0.39, 0.29) is 5.75 Å². The molecule has 2 bridgehead atoms. The van der Waals surface area contributed by atoms with Crippen LogP contribution in [0.1, 0.15) is 19.3 Å². The van der Waals surface area contributed by atoms with Crippen LogP contribution in [0.3, 0.4) is 0 Å². The van der Waals surface area contributed by atoms with Crippen molar-refractivity contribution in [3.63, 3.8) is 0 Å². The topological polar surface area (TPSA) is 73.8 Å². The highest BCUT2D eigenvalue weighted by atomic mass is 16.5. The molecule has 2 N–H and O–H groups in total. The average Bonchev–Trinajstić information content (AvgIpc) is 3.49. The summed E-state index contributed by atoms with van der Waals surface area (Å²) < 4.78 is 6.25. The minimum Gasteiger partial charge on any atom is -0.508 e. The van der Waals surface area contributed by atoms with Crippen molar-refractivity contribution in [1.82, 2.24) is 20.2 Å². The summed E-state index contributed by atoms with van der Waals surface area (Å²) in [6.45, 7) is 4.71. The molecule has 37 heavy (non-hydrogen) atoms. The van der Waals surface area contributed by atoms with Crippen LogP contribution >= 0.6 is 0 Å². The third kappa shape index (κ3) is 4.36. The number of aromatic nitrogens is 2. The van der Waals surface area contributed by atoms with Gasteiger partial charge in [0, 0.05) is 43.0 Å². The van der Waals surface area contributed by atoms with Crippen molar-refractivity contribution < 1.29 is 9.84 Å². The van der Waals surface area contributed by atoms with Crippen LogP contribution in [0.25, 0.3) is 32.8 Å². The highest BCUT2D eigenvalue weighted by Gasteiger charge is 2.33. The van der Waals surface area contributed by atoms with Crippen LogP contribution in [-0.4, -0.2) is 71.9 Å². The van der Waals surface area contributed by atoms with Gasteiger partial charge in [-0.2, -0.15) is 9.97 Å². The second kappa shape index (κ2) is 9.15. The Balaban J connectivity index is 1.31. The van der Waals surface area contributed by atoms with Crippen molar-refractivity contribution in [2.45, 2.75) is 31.3 Å². The van der Waals surface area contributed by atoms with Crippen molar-refractivity contribution in [3.8, 4) is 22.9 Å². The minimum atomic E-state index is 0.263. The summed E-state index contributed by atoms with van der Waals surface area (Å²) in [6, 6.07) is 19.7. The Kier molecular flexibility index (Phi) is 5.63. The van der Waals surface area contributed by atoms with E-state index in [9.17, 15) is 5.11 Å². The number of ether oxygens (including phenoxy) is 1. The van der Waals surface area contributed by atoms with Crippen molar-refractivity contribution in [3.05, 3.63) is 54.6 Å². The number of fused-ring (bicyclic) bond motifs is 4. The average molecular weight is 496 g/mol. The van der Waals surface area contributed by atoms with E-state index in [1.807, 2.05) is 30.3 Å². The Morgan fingerprint density at radius 2 is 1.78 bits per heavy atom. The summed E-state index contributed by atoms with van der Waals surface area (Å²) in [6.07, 6.45) is 3.59. The van der Waals surface area contributed by atoms with E-state index in [1.54, 1.807) is 0 Å². The first-order valence-corrected chi connectivity index (χ1v) is 13.5. The van der Waals surface area contributed by atoms with E-state index >= 15 is 0 Å². The quantitative estimate of drug-likeness (QED) is 0.424. The second-order valence-electron chi connectivity index (χ2n) is 11.0. The number of phenolic OH excluding ortho intramolecular Hbond substituents is 1. The van der Waals surface area contributed by atoms with Crippen LogP contribution in [-0.2, 0) is 0 Å². The van der Waals surface area contributed by atoms with Gasteiger partial charge in [0.1, 0.15) is 11.6 Å². The zero-order valence-corrected chi connectivity index (χ0v) is 21.2. The van der Waals surface area contributed by atoms with E-state index < -0.39 is 0 Å². The lowest BCUT2D eigenvalue weighted by molar-refractivity contribution is 0.233. The first kappa shape index (κ1) is 22.8. The maximum absolute atomic E-state index is 10.4. The molecule has 0 aliphatic carbocycles. The molecule has 3 aliphatic heterocycles. The van der Waals surface area contributed by atoms with Gasteiger partial charge in [-0.05, 0) is 79.0 Å². The Bertz CT molecular complexity index is 1460. The standard InChI is InChI=1S/C30H33N5O2/c1-34-11-10-19(15-34)18-37-30-32-28-13-21(27-14-24(36)12-20-4-2-3-5-25(20)27)6-9-26(28)29(33-30)35-16-22-7-8-23(17-35)31-22/h2-6,9,12-14,19,22-23,31,36H,7-8,10-11,15-18H2,1H3/t19-,22-,23+/m1/s1. The van der Waals surface area contributed by atoms with Gasteiger partial charge in [0.05, 0.1) is 12.1 Å². The number of hydrogen-bond donors (Lipinski definition) is 2. The van der Waals surface area contributed by atoms with Crippen molar-refractivity contribution in [1.29, 1.82) is 0 Å². The number of nitrogens with zero attached hydrogens (tertiary/aromatic N) is 4. The van der Waals surface area contributed by atoms with E-state index in [0.29, 0.717) is 30.6 Å². The third-order valence-electron chi connectivity index (χ3n) is 8.27. The van der Waals surface area contributed by atoms with Gasteiger partial charge < -0.3 is 25.0 Å². The molecule has 3 atom stereocenters. The molecule has 1 aromatic heterocycles. The molecule has 7 rings (SSSR count). The van der Waals surface area contributed by atoms with E-state index in [4.69, 9.17) is 14.7 Å². The van der Waals surface area contributed by atoms with Gasteiger partial charge >= 0.3 is 6.01 Å². The lowest BCUT2D eigenvalue weighted by Crippen LogP contribution is -2.51. The summed E-state index contributed by atoms with van der Waals surface area (Å²) in [5.74, 6) is 1.74. The number of aromatic hydroxyl groups is 1. The van der Waals surface area contributed by atoms with Gasteiger partial charge in [-0.15, -0.1) is 0 Å². The largest absolute Gasteiger partial charge is 0.508 e. The molecule has 3 aromatic carbocycles. The van der Waals surface area contributed by atoms with Gasteiger partial charge in [-0.1, -0.05) is 30.3 Å². The molecule has 7 heteroatoms. The smallest absolute Gasteiger partial charge is 0.318 e. The normalized spacial score (nSPS) is 23.8. The molecule has 190 valence electrons. The Morgan fingerprint density at radius 3 is 2.59 bits per heavy atom. The van der Waals surface area contributed by atoms with Crippen LogP contribution in [0.2, 0.25) is 0 Å². The van der Waals surface area contributed by atoms with Crippen molar-refractivity contribution >= 4 is 27.5 Å². The molecular weight excluding hydrogens is 462 g/mol. The summed E-state index contributed by atoms with van der Waals surface area (Å²) in [4.78, 5) is 14.6. The van der Waals surface area contributed by atoms with Crippen LogP contribution < -0.4 is 15.0 Å². The number of likely N-dealkylation sites (tertiary alicyclic amines) is 1. The number of phenols is 1. The molecule has 4 heterocycles. The zero-order chi connectivity index (χ0) is 24.9. The number of benzene rings is 3. The molecular formula is C30H33N5O2. The van der Waals surface area contributed by atoms with Gasteiger partial charge in [0.25, 0.3) is 0 Å². The lowest BCUT2D eigenvalue weighted by Gasteiger charge is -2.34. The monoisotopic (exact) mass is 495 g/mol. The van der Waals surface area contributed by atoms with Crippen LogP contribution in [0.4, 0.5) is 5.82 Å². The lowest BCUT2D eigenvalue weighted by atomic mass is 9.97. The zero-order valence-electron chi connectivity index (χ0n) is 21.2. The predicted molar refractivity (Wildman–Crippen MR) is 147 cm³/mol. The molecule has 4 aromatic rings. The molecule has 0 radical (unpaired) electrons. The number of rotatable bonds is 5. The number of nitrogens with one attached hydrogen (secondary N) is 1. The van der Waals surface area contributed by atoms with Gasteiger partial charge in [0.2, 0.25) is 0 Å². The molecule has 3 fully saturated rings. The maximum atomic E-state index is 10.4. The summed E-state index contributed by atoms with van der Waals surface area (Å²) in [5.41, 5.74) is 2.89. The predicted octanol–water partition coefficient (Wildman–Crippen LogP) is 4.43. The molecule has 3 aliphatic rings. The van der Waals surface area contributed by atoms with Crippen molar-refractivity contribution in [2.24, 2.45) is 5.92 Å². The number of anilines is 1. The first-order chi connectivity index (χ1) is 18.1. The van der Waals surface area contributed by atoms with Gasteiger partial charge in [0.15, 0.2) is 0 Å². The number of hydrogen-bond acceptors (Lipinski definition) is 7. The summed E-state index contributed by atoms with van der Waals surface area (Å²) in [7, 11) is 2.16. The fraction of sp³-hybridized carbons (Fsp3) is 0.400. The van der Waals surface area contributed by atoms with Crippen molar-refractivity contribution in [2.75, 3.05) is 44.7 Å². The minimum absolute atomic E-state index is 0.263.